The van der Waals surface area contributed by atoms with Gasteiger partial charge in [-0.05, 0) is 42.4 Å². The lowest BCUT2D eigenvalue weighted by Crippen LogP contribution is -2.49. The minimum Gasteiger partial charge on any atom is -0.484 e. The number of carbonyl (C=O) groups excluding carboxylic acids is 2. The van der Waals surface area contributed by atoms with Crippen molar-refractivity contribution in [3.8, 4) is 5.75 Å². The molecule has 0 fully saturated rings. The summed E-state index contributed by atoms with van der Waals surface area (Å²) in [6.45, 7) is 1.86. The topological polar surface area (TPSA) is 79.5 Å². The van der Waals surface area contributed by atoms with Gasteiger partial charge in [0.25, 0.3) is 11.8 Å². The first kappa shape index (κ1) is 21.0. The summed E-state index contributed by atoms with van der Waals surface area (Å²) in [6, 6.07) is 14.9. The van der Waals surface area contributed by atoms with Crippen LogP contribution in [0.2, 0.25) is 5.02 Å². The predicted molar refractivity (Wildman–Crippen MR) is 119 cm³/mol. The number of thiophene rings is 1. The molecule has 0 saturated carbocycles. The van der Waals surface area contributed by atoms with E-state index in [4.69, 9.17) is 28.6 Å². The molecule has 150 valence electrons. The lowest BCUT2D eigenvalue weighted by Gasteiger charge is -2.11. The number of amides is 2. The molecule has 1 heterocycles. The Kier molecular flexibility index (Phi) is 7.03. The minimum atomic E-state index is -0.448. The van der Waals surface area contributed by atoms with Crippen LogP contribution in [0.4, 0.5) is 0 Å². The van der Waals surface area contributed by atoms with Gasteiger partial charge in [-0.3, -0.25) is 25.8 Å². The highest BCUT2D eigenvalue weighted by molar-refractivity contribution is 7.80. The number of ether oxygens (including phenoxy) is 1. The molecule has 0 unspecified atom stereocenters. The number of halogens is 1. The van der Waals surface area contributed by atoms with Crippen molar-refractivity contribution in [2.24, 2.45) is 0 Å². The molecule has 1 aromatic heterocycles. The molecule has 0 spiro atoms. The maximum atomic E-state index is 12.3. The van der Waals surface area contributed by atoms with Crippen LogP contribution in [0.1, 0.15) is 22.2 Å². The summed E-state index contributed by atoms with van der Waals surface area (Å²) in [4.78, 5) is 24.6. The van der Waals surface area contributed by atoms with Gasteiger partial charge < -0.3 is 4.74 Å². The predicted octanol–water partition coefficient (Wildman–Crippen LogP) is 3.83. The van der Waals surface area contributed by atoms with Gasteiger partial charge in [-0.2, -0.15) is 0 Å². The lowest BCUT2D eigenvalue weighted by atomic mass is 10.2. The molecule has 3 N–H and O–H groups in total. The number of hydrogen-bond donors (Lipinski definition) is 3. The zero-order chi connectivity index (χ0) is 20.8. The van der Waals surface area contributed by atoms with Gasteiger partial charge in [0, 0.05) is 10.1 Å². The van der Waals surface area contributed by atoms with Gasteiger partial charge in [-0.25, -0.2) is 0 Å². The number of hydrogen-bond acceptors (Lipinski definition) is 5. The van der Waals surface area contributed by atoms with E-state index in [-0.39, 0.29) is 11.7 Å². The largest absolute Gasteiger partial charge is 0.484 e. The average Bonchev–Trinajstić information content (AvgIpc) is 3.08. The van der Waals surface area contributed by atoms with E-state index in [0.717, 1.165) is 16.5 Å². The van der Waals surface area contributed by atoms with Gasteiger partial charge in [-0.15, -0.1) is 11.3 Å². The Hall–Kier alpha value is -2.68. The summed E-state index contributed by atoms with van der Waals surface area (Å²) in [5.74, 6) is -0.305. The number of thiocarbonyl (C=S) groups is 1. The van der Waals surface area contributed by atoms with Crippen LogP contribution < -0.4 is 20.9 Å². The Bertz CT molecular complexity index is 1050. The Morgan fingerprint density at radius 2 is 1.83 bits per heavy atom. The third kappa shape index (κ3) is 5.44. The van der Waals surface area contributed by atoms with Crippen molar-refractivity contribution in [3.63, 3.8) is 0 Å². The van der Waals surface area contributed by atoms with E-state index in [1.807, 2.05) is 36.4 Å². The minimum absolute atomic E-state index is 0.0504. The standard InChI is InChI=1S/C20H18ClN3O3S2/c1-2-12-7-9-13(10-8-12)27-11-16(25)22-20(28)24-23-19(26)18-17(21)14-5-3-4-6-15(14)29-18/h3-10H,2,11H2,1H3,(H,23,26)(H2,22,24,25,28). The Balaban J connectivity index is 1.46. The van der Waals surface area contributed by atoms with Crippen LogP contribution in [0.3, 0.4) is 0 Å². The molecule has 0 aliphatic rings. The fraction of sp³-hybridized carbons (Fsp3) is 0.150. The van der Waals surface area contributed by atoms with Crippen LogP contribution in [0.5, 0.6) is 5.75 Å². The molecule has 9 heteroatoms. The van der Waals surface area contributed by atoms with Crippen molar-refractivity contribution in [1.82, 2.24) is 16.2 Å². The highest BCUT2D eigenvalue weighted by Gasteiger charge is 2.17. The van der Waals surface area contributed by atoms with Crippen molar-refractivity contribution in [2.75, 3.05) is 6.61 Å². The monoisotopic (exact) mass is 447 g/mol. The van der Waals surface area contributed by atoms with Crippen LogP contribution >= 0.6 is 35.2 Å². The number of benzene rings is 2. The summed E-state index contributed by atoms with van der Waals surface area (Å²) in [5, 5.41) is 3.57. The molecule has 2 aromatic carbocycles. The zero-order valence-electron chi connectivity index (χ0n) is 15.5. The first-order valence-corrected chi connectivity index (χ1v) is 10.4. The van der Waals surface area contributed by atoms with Crippen LogP contribution in [0, 0.1) is 0 Å². The molecule has 0 radical (unpaired) electrons. The van der Waals surface area contributed by atoms with Gasteiger partial charge in [0.1, 0.15) is 10.6 Å². The van der Waals surface area contributed by atoms with E-state index in [1.165, 1.54) is 16.9 Å². The molecular formula is C20H18ClN3O3S2. The molecule has 2 amide bonds. The Morgan fingerprint density at radius 3 is 2.52 bits per heavy atom. The van der Waals surface area contributed by atoms with Gasteiger partial charge >= 0.3 is 0 Å². The van der Waals surface area contributed by atoms with Gasteiger partial charge in [-0.1, -0.05) is 48.9 Å². The maximum absolute atomic E-state index is 12.3. The van der Waals surface area contributed by atoms with E-state index in [1.54, 1.807) is 12.1 Å². The normalized spacial score (nSPS) is 10.4. The molecule has 0 bridgehead atoms. The number of rotatable bonds is 5. The van der Waals surface area contributed by atoms with Crippen molar-refractivity contribution in [2.45, 2.75) is 13.3 Å². The highest BCUT2D eigenvalue weighted by Crippen LogP contribution is 2.34. The van der Waals surface area contributed by atoms with Crippen molar-refractivity contribution < 1.29 is 14.3 Å². The lowest BCUT2D eigenvalue weighted by molar-refractivity contribution is -0.121. The Labute approximate surface area is 182 Å². The SMILES string of the molecule is CCc1ccc(OCC(=O)NC(=S)NNC(=O)c2sc3ccccc3c2Cl)cc1. The molecule has 3 aromatic rings. The quantitative estimate of drug-likeness (QED) is 0.409. The van der Waals surface area contributed by atoms with E-state index in [9.17, 15) is 9.59 Å². The molecule has 3 rings (SSSR count). The summed E-state index contributed by atoms with van der Waals surface area (Å²) in [7, 11) is 0. The first-order valence-electron chi connectivity index (χ1n) is 8.77. The maximum Gasteiger partial charge on any atom is 0.281 e. The number of carbonyl (C=O) groups is 2. The number of nitrogens with one attached hydrogen (secondary N) is 3. The summed E-state index contributed by atoms with van der Waals surface area (Å²) < 4.78 is 6.32. The van der Waals surface area contributed by atoms with Gasteiger partial charge in [0.15, 0.2) is 11.7 Å². The molecular weight excluding hydrogens is 430 g/mol. The molecule has 0 saturated heterocycles. The van der Waals surface area contributed by atoms with Crippen LogP contribution in [-0.2, 0) is 11.2 Å². The third-order valence-electron chi connectivity index (χ3n) is 3.99. The van der Waals surface area contributed by atoms with Gasteiger partial charge in [0.05, 0.1) is 5.02 Å². The van der Waals surface area contributed by atoms with Crippen LogP contribution in [0.15, 0.2) is 48.5 Å². The zero-order valence-corrected chi connectivity index (χ0v) is 17.8. The van der Waals surface area contributed by atoms with Gasteiger partial charge in [0.2, 0.25) is 0 Å². The van der Waals surface area contributed by atoms with E-state index >= 15 is 0 Å². The summed E-state index contributed by atoms with van der Waals surface area (Å²) in [5.41, 5.74) is 6.10. The summed E-state index contributed by atoms with van der Waals surface area (Å²) >= 11 is 12.6. The second kappa shape index (κ2) is 9.69. The molecule has 6 nitrogen and oxygen atoms in total. The Morgan fingerprint density at radius 1 is 1.10 bits per heavy atom. The van der Waals surface area contributed by atoms with E-state index in [0.29, 0.717) is 15.6 Å². The fourth-order valence-corrected chi connectivity index (χ4v) is 4.07. The van der Waals surface area contributed by atoms with E-state index in [2.05, 4.69) is 23.1 Å². The first-order chi connectivity index (χ1) is 14.0. The second-order valence-corrected chi connectivity index (χ2v) is 7.82. The smallest absolute Gasteiger partial charge is 0.281 e. The second-order valence-electron chi connectivity index (χ2n) is 5.98. The summed E-state index contributed by atoms with van der Waals surface area (Å²) in [6.07, 6.45) is 0.930. The fourth-order valence-electron chi connectivity index (χ4n) is 2.49. The van der Waals surface area contributed by atoms with Crippen molar-refractivity contribution in [3.05, 3.63) is 64.0 Å². The average molecular weight is 448 g/mol. The van der Waals surface area contributed by atoms with Crippen molar-refractivity contribution in [1.29, 1.82) is 0 Å². The van der Waals surface area contributed by atoms with E-state index < -0.39 is 11.8 Å². The third-order valence-corrected chi connectivity index (χ3v) is 5.86. The molecule has 0 aliphatic heterocycles. The van der Waals surface area contributed by atoms with Crippen molar-refractivity contribution >= 4 is 62.2 Å². The highest BCUT2D eigenvalue weighted by atomic mass is 35.5. The van der Waals surface area contributed by atoms with Crippen LogP contribution in [0.25, 0.3) is 10.1 Å². The number of hydrazine groups is 1. The molecule has 0 atom stereocenters. The molecule has 29 heavy (non-hydrogen) atoms. The number of aryl methyl sites for hydroxylation is 1. The van der Waals surface area contributed by atoms with Crippen LogP contribution in [-0.4, -0.2) is 23.5 Å². The number of fused-ring (bicyclic) bond motifs is 1. The molecule has 0 aliphatic carbocycles.